The van der Waals surface area contributed by atoms with Crippen LogP contribution in [0.15, 0.2) is 53.5 Å². The third-order valence-corrected chi connectivity index (χ3v) is 5.53. The van der Waals surface area contributed by atoms with Crippen molar-refractivity contribution < 1.29 is 18.7 Å². The number of amides is 2. The third kappa shape index (κ3) is 6.31. The number of ether oxygens (including phenoxy) is 2. The lowest BCUT2D eigenvalue weighted by atomic mass is 10.0. The Hall–Kier alpha value is -2.94. The van der Waals surface area contributed by atoms with Gasteiger partial charge in [-0.1, -0.05) is 29.8 Å². The fourth-order valence-corrected chi connectivity index (χ4v) is 3.69. The van der Waals surface area contributed by atoms with Gasteiger partial charge in [-0.25, -0.2) is 9.18 Å². The molecule has 0 aliphatic rings. The number of carbonyl (C=O) groups is 1. The van der Waals surface area contributed by atoms with E-state index in [4.69, 9.17) is 21.1 Å². The second-order valence-corrected chi connectivity index (χ2v) is 7.76. The number of rotatable bonds is 10. The summed E-state index contributed by atoms with van der Waals surface area (Å²) in [4.78, 5) is 29.8. The van der Waals surface area contributed by atoms with Crippen LogP contribution in [0.25, 0.3) is 10.8 Å². The van der Waals surface area contributed by atoms with Crippen LogP contribution < -0.4 is 10.9 Å². The number of H-pyrrole nitrogens is 1. The molecule has 3 aromatic rings. The van der Waals surface area contributed by atoms with E-state index in [9.17, 15) is 14.0 Å². The highest BCUT2D eigenvalue weighted by Gasteiger charge is 2.24. The van der Waals surface area contributed by atoms with Crippen molar-refractivity contribution >= 4 is 34.1 Å². The molecule has 0 fully saturated rings. The van der Waals surface area contributed by atoms with Crippen LogP contribution in [-0.2, 0) is 9.47 Å². The van der Waals surface area contributed by atoms with E-state index in [0.29, 0.717) is 30.9 Å². The molecular weight excluding hydrogens is 449 g/mol. The number of urea groups is 1. The SMILES string of the molecule is CCOCCOCCN(C(=O)Nc1ccc(F)c(Cl)c1)[C@@H](C)c1c[nH]c(=O)c2ccccc12. The Kier molecular flexibility index (Phi) is 8.82. The molecule has 0 bridgehead atoms. The number of benzene rings is 2. The van der Waals surface area contributed by atoms with Crippen molar-refractivity contribution in [1.82, 2.24) is 9.88 Å². The van der Waals surface area contributed by atoms with Gasteiger partial charge in [0.2, 0.25) is 0 Å². The molecule has 0 saturated carbocycles. The number of hydrogen-bond acceptors (Lipinski definition) is 4. The second kappa shape index (κ2) is 11.8. The van der Waals surface area contributed by atoms with Crippen LogP contribution in [0.2, 0.25) is 5.02 Å². The molecule has 2 amide bonds. The van der Waals surface area contributed by atoms with E-state index >= 15 is 0 Å². The van der Waals surface area contributed by atoms with Crippen molar-refractivity contribution in [3.05, 3.63) is 75.4 Å². The summed E-state index contributed by atoms with van der Waals surface area (Å²) >= 11 is 5.85. The van der Waals surface area contributed by atoms with Gasteiger partial charge >= 0.3 is 6.03 Å². The molecule has 2 N–H and O–H groups in total. The van der Waals surface area contributed by atoms with Gasteiger partial charge in [0, 0.05) is 30.4 Å². The summed E-state index contributed by atoms with van der Waals surface area (Å²) in [7, 11) is 0. The Morgan fingerprint density at radius 2 is 1.88 bits per heavy atom. The van der Waals surface area contributed by atoms with Gasteiger partial charge in [0.05, 0.1) is 30.9 Å². The van der Waals surface area contributed by atoms with Crippen LogP contribution in [-0.4, -0.2) is 48.9 Å². The Morgan fingerprint density at radius 1 is 1.15 bits per heavy atom. The smallest absolute Gasteiger partial charge is 0.322 e. The maximum absolute atomic E-state index is 13.5. The van der Waals surface area contributed by atoms with Gasteiger partial charge in [-0.2, -0.15) is 0 Å². The average Bonchev–Trinajstić information content (AvgIpc) is 2.81. The molecule has 1 heterocycles. The Balaban J connectivity index is 1.84. The van der Waals surface area contributed by atoms with E-state index in [1.165, 1.54) is 18.2 Å². The molecule has 176 valence electrons. The van der Waals surface area contributed by atoms with E-state index in [1.54, 1.807) is 23.2 Å². The van der Waals surface area contributed by atoms with Gasteiger partial charge in [-0.05, 0) is 49.1 Å². The Labute approximate surface area is 196 Å². The van der Waals surface area contributed by atoms with Crippen LogP contribution in [0.3, 0.4) is 0 Å². The van der Waals surface area contributed by atoms with Crippen molar-refractivity contribution in [3.63, 3.8) is 0 Å². The van der Waals surface area contributed by atoms with Crippen LogP contribution in [0.1, 0.15) is 25.5 Å². The van der Waals surface area contributed by atoms with E-state index in [1.807, 2.05) is 26.0 Å². The summed E-state index contributed by atoms with van der Waals surface area (Å²) in [5.74, 6) is -0.567. The number of nitrogens with one attached hydrogen (secondary N) is 2. The lowest BCUT2D eigenvalue weighted by molar-refractivity contribution is 0.0438. The lowest BCUT2D eigenvalue weighted by Gasteiger charge is -2.30. The maximum atomic E-state index is 13.5. The number of aromatic amines is 1. The summed E-state index contributed by atoms with van der Waals surface area (Å²) in [6, 6.07) is 10.4. The van der Waals surface area contributed by atoms with Crippen molar-refractivity contribution in [1.29, 1.82) is 0 Å². The minimum atomic E-state index is -0.567. The molecule has 7 nitrogen and oxygen atoms in total. The Morgan fingerprint density at radius 3 is 2.61 bits per heavy atom. The predicted molar refractivity (Wildman–Crippen MR) is 127 cm³/mol. The first-order valence-electron chi connectivity index (χ1n) is 10.7. The second-order valence-electron chi connectivity index (χ2n) is 7.36. The molecule has 3 rings (SSSR count). The highest BCUT2D eigenvalue weighted by molar-refractivity contribution is 6.31. The normalized spacial score (nSPS) is 12.0. The summed E-state index contributed by atoms with van der Waals surface area (Å²) in [5.41, 5.74) is 0.955. The highest BCUT2D eigenvalue weighted by Crippen LogP contribution is 2.27. The number of fused-ring (bicyclic) bond motifs is 1. The van der Waals surface area contributed by atoms with E-state index < -0.39 is 17.9 Å². The lowest BCUT2D eigenvalue weighted by Crippen LogP contribution is -2.39. The minimum absolute atomic E-state index is 0.0849. The zero-order chi connectivity index (χ0) is 23.8. The molecule has 0 saturated heterocycles. The molecule has 1 aromatic heterocycles. The number of anilines is 1. The zero-order valence-corrected chi connectivity index (χ0v) is 19.3. The summed E-state index contributed by atoms with van der Waals surface area (Å²) in [5, 5.41) is 3.98. The van der Waals surface area contributed by atoms with Crippen LogP contribution in [0.4, 0.5) is 14.9 Å². The van der Waals surface area contributed by atoms with E-state index in [2.05, 4.69) is 10.3 Å². The fraction of sp³-hybridized carbons (Fsp3) is 0.333. The number of hydrogen-bond donors (Lipinski definition) is 2. The van der Waals surface area contributed by atoms with Gasteiger partial charge in [-0.3, -0.25) is 4.79 Å². The molecule has 2 aromatic carbocycles. The summed E-state index contributed by atoms with van der Waals surface area (Å²) < 4.78 is 24.4. The number of nitrogens with zero attached hydrogens (tertiary/aromatic N) is 1. The third-order valence-electron chi connectivity index (χ3n) is 5.24. The van der Waals surface area contributed by atoms with Crippen LogP contribution in [0.5, 0.6) is 0 Å². The molecule has 9 heteroatoms. The number of pyridine rings is 1. The fourth-order valence-electron chi connectivity index (χ4n) is 3.51. The topological polar surface area (TPSA) is 83.7 Å². The minimum Gasteiger partial charge on any atom is -0.379 e. The van der Waals surface area contributed by atoms with Crippen LogP contribution in [0, 0.1) is 5.82 Å². The molecule has 0 aliphatic heterocycles. The van der Waals surface area contributed by atoms with Crippen molar-refractivity contribution in [2.24, 2.45) is 0 Å². The molecule has 1 atom stereocenters. The molecule has 0 unspecified atom stereocenters. The highest BCUT2D eigenvalue weighted by atomic mass is 35.5. The number of carbonyl (C=O) groups excluding carboxylic acids is 1. The number of aromatic nitrogens is 1. The number of halogens is 2. The van der Waals surface area contributed by atoms with E-state index in [0.717, 1.165) is 10.9 Å². The first-order valence-corrected chi connectivity index (χ1v) is 11.1. The van der Waals surface area contributed by atoms with Gasteiger partial charge in [0.15, 0.2) is 0 Å². The van der Waals surface area contributed by atoms with Crippen molar-refractivity contribution in [2.45, 2.75) is 19.9 Å². The maximum Gasteiger partial charge on any atom is 0.322 e. The quantitative estimate of drug-likeness (QED) is 0.405. The summed E-state index contributed by atoms with van der Waals surface area (Å²) in [6.07, 6.45) is 1.63. The molecule has 0 aliphatic carbocycles. The monoisotopic (exact) mass is 475 g/mol. The predicted octanol–water partition coefficient (Wildman–Crippen LogP) is 4.97. The first kappa shape index (κ1) is 24.7. The van der Waals surface area contributed by atoms with Crippen molar-refractivity contribution in [3.8, 4) is 0 Å². The molecule has 0 spiro atoms. The van der Waals surface area contributed by atoms with Gasteiger partial charge < -0.3 is 24.7 Å². The molecular formula is C24H27ClFN3O4. The van der Waals surface area contributed by atoms with Crippen molar-refractivity contribution in [2.75, 3.05) is 38.3 Å². The largest absolute Gasteiger partial charge is 0.379 e. The van der Waals surface area contributed by atoms with Gasteiger partial charge in [0.25, 0.3) is 5.56 Å². The molecule has 0 radical (unpaired) electrons. The Bertz CT molecular complexity index is 1150. The summed E-state index contributed by atoms with van der Waals surface area (Å²) in [6.45, 7) is 5.83. The molecule has 33 heavy (non-hydrogen) atoms. The zero-order valence-electron chi connectivity index (χ0n) is 18.6. The average molecular weight is 476 g/mol. The standard InChI is InChI=1S/C24H27ClFN3O4/c1-3-32-12-13-33-11-10-29(24(31)28-17-8-9-22(26)21(25)14-17)16(2)20-15-27-23(30)19-7-5-4-6-18(19)20/h4-9,14-16H,3,10-13H2,1-2H3,(H,27,30)(H,28,31)/t16-/m0/s1. The van der Waals surface area contributed by atoms with E-state index in [-0.39, 0.29) is 23.7 Å². The van der Waals surface area contributed by atoms with Crippen LogP contribution >= 0.6 is 11.6 Å². The van der Waals surface area contributed by atoms with Gasteiger partial charge in [-0.15, -0.1) is 0 Å². The van der Waals surface area contributed by atoms with Gasteiger partial charge in [0.1, 0.15) is 5.82 Å². The first-order chi connectivity index (χ1) is 15.9.